The van der Waals surface area contributed by atoms with Gasteiger partial charge in [-0.15, -0.1) is 0 Å². The van der Waals surface area contributed by atoms with Crippen LogP contribution >= 0.6 is 0 Å². The van der Waals surface area contributed by atoms with E-state index in [0.29, 0.717) is 0 Å². The second-order valence-electron chi connectivity index (χ2n) is 2.65. The fourth-order valence-corrected chi connectivity index (χ4v) is 0.995. The van der Waals surface area contributed by atoms with Crippen molar-refractivity contribution in [3.05, 3.63) is 39.7 Å². The van der Waals surface area contributed by atoms with Crippen LogP contribution in [0.3, 0.4) is 0 Å². The van der Waals surface area contributed by atoms with Crippen molar-refractivity contribution in [2.45, 2.75) is 0 Å². The average Bonchev–Trinajstić information content (AvgIpc) is 2.19. The number of nitro groups is 1. The Hall–Kier alpha value is -2.42. The predicted molar refractivity (Wildman–Crippen MR) is 52.1 cm³/mol. The smallest absolute Gasteiger partial charge is 0.273 e. The van der Waals surface area contributed by atoms with Crippen molar-refractivity contribution in [3.8, 4) is 6.07 Å². The monoisotopic (exact) mass is 207 g/mol. The number of rotatable bonds is 2. The predicted octanol–water partition coefficient (Wildman–Crippen LogP) is 1.85. The van der Waals surface area contributed by atoms with Crippen LogP contribution in [0.5, 0.6) is 0 Å². The van der Waals surface area contributed by atoms with Crippen LogP contribution in [-0.2, 0) is 0 Å². The second-order valence-corrected chi connectivity index (χ2v) is 2.65. The SMILES string of the molecule is N#CC=Cc1cc([N+](=O)[O-])cc(F)c1N. The molecule has 1 aromatic carbocycles. The van der Waals surface area contributed by atoms with E-state index in [4.69, 9.17) is 11.0 Å². The Morgan fingerprint density at radius 2 is 2.27 bits per heavy atom. The summed E-state index contributed by atoms with van der Waals surface area (Å²) in [5.74, 6) is -0.873. The first kappa shape index (κ1) is 10.7. The van der Waals surface area contributed by atoms with Gasteiger partial charge < -0.3 is 5.73 Å². The number of hydrogen-bond acceptors (Lipinski definition) is 4. The lowest BCUT2D eigenvalue weighted by Gasteiger charge is -2.01. The van der Waals surface area contributed by atoms with Crippen LogP contribution in [0.15, 0.2) is 18.2 Å². The molecule has 0 spiro atoms. The van der Waals surface area contributed by atoms with Gasteiger partial charge in [0.2, 0.25) is 0 Å². The second kappa shape index (κ2) is 4.19. The first-order valence-corrected chi connectivity index (χ1v) is 3.86. The number of nitrogens with two attached hydrogens (primary N) is 1. The molecule has 0 aliphatic rings. The number of benzene rings is 1. The highest BCUT2D eigenvalue weighted by molar-refractivity contribution is 5.68. The number of anilines is 1. The summed E-state index contributed by atoms with van der Waals surface area (Å²) in [6.07, 6.45) is 2.28. The maximum atomic E-state index is 13.1. The minimum Gasteiger partial charge on any atom is -0.396 e. The quantitative estimate of drug-likeness (QED) is 0.346. The van der Waals surface area contributed by atoms with E-state index in [2.05, 4.69) is 0 Å². The third-order valence-corrected chi connectivity index (χ3v) is 1.69. The number of hydrogen-bond donors (Lipinski definition) is 1. The van der Waals surface area contributed by atoms with Crippen molar-refractivity contribution in [1.82, 2.24) is 0 Å². The molecular formula is C9H6FN3O2. The van der Waals surface area contributed by atoms with Crippen LogP contribution in [0.1, 0.15) is 5.56 Å². The van der Waals surface area contributed by atoms with Gasteiger partial charge in [-0.1, -0.05) is 0 Å². The molecule has 2 N–H and O–H groups in total. The zero-order valence-electron chi connectivity index (χ0n) is 7.48. The number of halogens is 1. The summed E-state index contributed by atoms with van der Waals surface area (Å²) in [5.41, 5.74) is 4.83. The van der Waals surface area contributed by atoms with Crippen molar-refractivity contribution in [3.63, 3.8) is 0 Å². The van der Waals surface area contributed by atoms with Crippen molar-refractivity contribution < 1.29 is 9.31 Å². The summed E-state index contributed by atoms with van der Waals surface area (Å²) < 4.78 is 13.1. The zero-order valence-corrected chi connectivity index (χ0v) is 7.48. The van der Waals surface area contributed by atoms with Crippen molar-refractivity contribution in [2.24, 2.45) is 0 Å². The van der Waals surface area contributed by atoms with Gasteiger partial charge in [0.05, 0.1) is 22.7 Å². The molecule has 6 heteroatoms. The molecule has 0 fully saturated rings. The van der Waals surface area contributed by atoms with E-state index in [1.165, 1.54) is 6.08 Å². The first-order chi connectivity index (χ1) is 7.06. The lowest BCUT2D eigenvalue weighted by atomic mass is 10.1. The molecule has 1 aromatic rings. The number of nitriles is 1. The molecule has 5 nitrogen and oxygen atoms in total. The molecule has 0 bridgehead atoms. The van der Waals surface area contributed by atoms with Gasteiger partial charge in [-0.05, 0) is 6.08 Å². The summed E-state index contributed by atoms with van der Waals surface area (Å²) in [7, 11) is 0. The Labute approximate surface area is 84.4 Å². The molecule has 0 heterocycles. The van der Waals surface area contributed by atoms with Crippen LogP contribution in [0.4, 0.5) is 15.8 Å². The van der Waals surface area contributed by atoms with E-state index in [-0.39, 0.29) is 11.3 Å². The highest BCUT2D eigenvalue weighted by Gasteiger charge is 2.12. The van der Waals surface area contributed by atoms with Crippen LogP contribution in [0, 0.1) is 27.3 Å². The molecule has 15 heavy (non-hydrogen) atoms. The van der Waals surface area contributed by atoms with Crippen molar-refractivity contribution in [2.75, 3.05) is 5.73 Å². The number of nitrogen functional groups attached to an aromatic ring is 1. The number of non-ortho nitro benzene ring substituents is 1. The Morgan fingerprint density at radius 1 is 1.60 bits per heavy atom. The highest BCUT2D eigenvalue weighted by atomic mass is 19.1. The Morgan fingerprint density at radius 3 is 2.80 bits per heavy atom. The molecule has 0 radical (unpaired) electrons. The van der Waals surface area contributed by atoms with Gasteiger partial charge in [0.25, 0.3) is 5.69 Å². The van der Waals surface area contributed by atoms with Crippen molar-refractivity contribution >= 4 is 17.5 Å². The van der Waals surface area contributed by atoms with Gasteiger partial charge in [0.1, 0.15) is 0 Å². The third kappa shape index (κ3) is 2.28. The topological polar surface area (TPSA) is 92.9 Å². The Kier molecular flexibility index (Phi) is 2.98. The molecule has 0 aromatic heterocycles. The molecule has 1 rings (SSSR count). The van der Waals surface area contributed by atoms with Gasteiger partial charge in [-0.25, -0.2) is 4.39 Å². The van der Waals surface area contributed by atoms with Gasteiger partial charge in [0.15, 0.2) is 5.82 Å². The van der Waals surface area contributed by atoms with Gasteiger partial charge in [-0.2, -0.15) is 5.26 Å². The van der Waals surface area contributed by atoms with Crippen LogP contribution in [0.25, 0.3) is 6.08 Å². The molecule has 0 unspecified atom stereocenters. The van der Waals surface area contributed by atoms with Crippen LogP contribution in [0.2, 0.25) is 0 Å². The highest BCUT2D eigenvalue weighted by Crippen LogP contribution is 2.24. The lowest BCUT2D eigenvalue weighted by Crippen LogP contribution is -1.97. The molecule has 0 saturated carbocycles. The summed E-state index contributed by atoms with van der Waals surface area (Å²) in [6, 6.07) is 3.52. The molecular weight excluding hydrogens is 201 g/mol. The van der Waals surface area contributed by atoms with E-state index in [1.54, 1.807) is 6.07 Å². The fraction of sp³-hybridized carbons (Fsp3) is 0. The Bertz CT molecular complexity index is 477. The number of nitro benzene ring substituents is 1. The summed E-state index contributed by atoms with van der Waals surface area (Å²) in [5, 5.41) is 18.7. The van der Waals surface area contributed by atoms with E-state index in [1.807, 2.05) is 0 Å². The Balaban J connectivity index is 3.32. The maximum absolute atomic E-state index is 13.1. The average molecular weight is 207 g/mol. The van der Waals surface area contributed by atoms with E-state index >= 15 is 0 Å². The zero-order chi connectivity index (χ0) is 11.4. The van der Waals surface area contributed by atoms with Crippen molar-refractivity contribution in [1.29, 1.82) is 5.26 Å². The van der Waals surface area contributed by atoms with Gasteiger partial charge >= 0.3 is 0 Å². The largest absolute Gasteiger partial charge is 0.396 e. The summed E-state index contributed by atoms with van der Waals surface area (Å²) >= 11 is 0. The minimum atomic E-state index is -0.873. The third-order valence-electron chi connectivity index (χ3n) is 1.69. The van der Waals surface area contributed by atoms with E-state index in [9.17, 15) is 14.5 Å². The molecule has 0 amide bonds. The number of allylic oxidation sites excluding steroid dienone is 1. The van der Waals surface area contributed by atoms with Gasteiger partial charge in [0, 0.05) is 17.7 Å². The normalized spacial score (nSPS) is 10.1. The van der Waals surface area contributed by atoms with Gasteiger partial charge in [-0.3, -0.25) is 10.1 Å². The number of nitrogens with zero attached hydrogens (tertiary/aromatic N) is 2. The lowest BCUT2D eigenvalue weighted by molar-refractivity contribution is -0.385. The van der Waals surface area contributed by atoms with E-state index in [0.717, 1.165) is 18.2 Å². The van der Waals surface area contributed by atoms with E-state index < -0.39 is 16.4 Å². The molecule has 0 aliphatic heterocycles. The first-order valence-electron chi connectivity index (χ1n) is 3.86. The standard InChI is InChI=1S/C9H6FN3O2/c10-8-5-7(13(14)15)4-6(9(8)12)2-1-3-11/h1-2,4-5H,12H2. The summed E-state index contributed by atoms with van der Waals surface area (Å²) in [6.45, 7) is 0. The fourth-order valence-electron chi connectivity index (χ4n) is 0.995. The van der Waals surface area contributed by atoms with Crippen LogP contribution in [-0.4, -0.2) is 4.92 Å². The summed E-state index contributed by atoms with van der Waals surface area (Å²) in [4.78, 5) is 9.67. The maximum Gasteiger partial charge on any atom is 0.273 e. The molecule has 0 saturated heterocycles. The molecule has 0 aliphatic carbocycles. The molecule has 0 atom stereocenters. The van der Waals surface area contributed by atoms with Crippen LogP contribution < -0.4 is 5.73 Å². The minimum absolute atomic E-state index is 0.114. The molecule has 76 valence electrons.